The van der Waals surface area contributed by atoms with Crippen LogP contribution in [0, 0.1) is 0 Å². The highest BCUT2D eigenvalue weighted by atomic mass is 16.5. The highest BCUT2D eigenvalue weighted by Gasteiger charge is 2.18. The molecule has 160 valence electrons. The second kappa shape index (κ2) is 9.42. The first kappa shape index (κ1) is 20.6. The number of amides is 2. The van der Waals surface area contributed by atoms with Gasteiger partial charge in [-0.05, 0) is 43.4 Å². The Labute approximate surface area is 180 Å². The van der Waals surface area contributed by atoms with Crippen LogP contribution >= 0.6 is 0 Å². The van der Waals surface area contributed by atoms with Gasteiger partial charge >= 0.3 is 11.8 Å². The largest absolute Gasteiger partial charge is 0.485 e. The first-order valence-corrected chi connectivity index (χ1v) is 10.3. The number of carbonyl (C=O) groups is 2. The number of benzene rings is 2. The zero-order valence-corrected chi connectivity index (χ0v) is 17.3. The van der Waals surface area contributed by atoms with Crippen molar-refractivity contribution >= 4 is 17.5 Å². The van der Waals surface area contributed by atoms with Crippen LogP contribution in [0.25, 0.3) is 0 Å². The summed E-state index contributed by atoms with van der Waals surface area (Å²) in [6.07, 6.45) is 2.88. The van der Waals surface area contributed by atoms with Crippen molar-refractivity contribution in [3.05, 3.63) is 71.4 Å². The minimum absolute atomic E-state index is 0.00327. The molecule has 2 heterocycles. The number of hydrogen-bond donors (Lipinski definition) is 2. The molecule has 0 bridgehead atoms. The van der Waals surface area contributed by atoms with Crippen LogP contribution in [0.2, 0.25) is 0 Å². The van der Waals surface area contributed by atoms with E-state index in [4.69, 9.17) is 9.26 Å². The van der Waals surface area contributed by atoms with E-state index in [1.54, 1.807) is 6.07 Å². The van der Waals surface area contributed by atoms with Crippen LogP contribution in [-0.4, -0.2) is 28.0 Å². The summed E-state index contributed by atoms with van der Waals surface area (Å²) in [6, 6.07) is 15.6. The highest BCUT2D eigenvalue weighted by molar-refractivity contribution is 5.94. The van der Waals surface area contributed by atoms with Crippen LogP contribution in [0.3, 0.4) is 0 Å². The maximum Gasteiger partial charge on any atom is 0.316 e. The van der Waals surface area contributed by atoms with E-state index in [1.165, 1.54) is 5.56 Å². The molecule has 0 saturated carbocycles. The molecular formula is C23H24N4O4. The van der Waals surface area contributed by atoms with Crippen molar-refractivity contribution in [2.45, 2.75) is 45.3 Å². The van der Waals surface area contributed by atoms with Crippen molar-refractivity contribution in [1.82, 2.24) is 15.5 Å². The number of fused-ring (bicyclic) bond motifs is 1. The summed E-state index contributed by atoms with van der Waals surface area (Å²) in [4.78, 5) is 28.0. The monoisotopic (exact) mass is 420 g/mol. The minimum atomic E-state index is -0.407. The van der Waals surface area contributed by atoms with Gasteiger partial charge in [0.15, 0.2) is 6.61 Å². The molecule has 0 saturated heterocycles. The predicted octanol–water partition coefficient (Wildman–Crippen LogP) is 3.28. The van der Waals surface area contributed by atoms with Crippen LogP contribution in [0.1, 0.15) is 47.4 Å². The molecule has 2 aromatic carbocycles. The normalized spacial score (nSPS) is 13.8. The number of carbonyl (C=O) groups excluding carboxylic acids is 2. The SMILES string of the molecule is C[C@H](CCc1ccccc1)NC(=O)c1nc(COc2ccc3c(c2)NC(=O)CC3)no1. The highest BCUT2D eigenvalue weighted by Crippen LogP contribution is 2.27. The maximum atomic E-state index is 12.4. The van der Waals surface area contributed by atoms with E-state index in [-0.39, 0.29) is 30.3 Å². The van der Waals surface area contributed by atoms with E-state index in [2.05, 4.69) is 32.9 Å². The van der Waals surface area contributed by atoms with Gasteiger partial charge in [-0.2, -0.15) is 4.98 Å². The lowest BCUT2D eigenvalue weighted by molar-refractivity contribution is -0.116. The fraction of sp³-hybridized carbons (Fsp3) is 0.304. The molecule has 0 radical (unpaired) electrons. The van der Waals surface area contributed by atoms with Crippen molar-refractivity contribution in [1.29, 1.82) is 0 Å². The lowest BCUT2D eigenvalue weighted by Crippen LogP contribution is -2.33. The summed E-state index contributed by atoms with van der Waals surface area (Å²) in [6.45, 7) is 1.99. The van der Waals surface area contributed by atoms with Crippen molar-refractivity contribution in [3.63, 3.8) is 0 Å². The van der Waals surface area contributed by atoms with Gasteiger partial charge in [0, 0.05) is 24.2 Å². The Balaban J connectivity index is 1.27. The molecule has 4 rings (SSSR count). The number of nitrogens with one attached hydrogen (secondary N) is 2. The van der Waals surface area contributed by atoms with Gasteiger partial charge in [-0.25, -0.2) is 0 Å². The van der Waals surface area contributed by atoms with Crippen LogP contribution in [0.15, 0.2) is 53.1 Å². The van der Waals surface area contributed by atoms with Crippen LogP contribution in [-0.2, 0) is 24.2 Å². The summed E-state index contributed by atoms with van der Waals surface area (Å²) in [5, 5.41) is 9.52. The third-order valence-corrected chi connectivity index (χ3v) is 5.09. The van der Waals surface area contributed by atoms with Gasteiger partial charge in [0.25, 0.3) is 0 Å². The molecule has 31 heavy (non-hydrogen) atoms. The molecule has 8 heteroatoms. The van der Waals surface area contributed by atoms with Crippen molar-refractivity contribution in [2.24, 2.45) is 0 Å². The number of nitrogens with zero attached hydrogens (tertiary/aromatic N) is 2. The van der Waals surface area contributed by atoms with Gasteiger partial charge < -0.3 is 19.9 Å². The molecule has 3 aromatic rings. The average Bonchev–Trinajstić information content (AvgIpc) is 3.26. The molecule has 2 amide bonds. The van der Waals surface area contributed by atoms with Gasteiger partial charge in [-0.3, -0.25) is 9.59 Å². The molecule has 8 nitrogen and oxygen atoms in total. The fourth-order valence-corrected chi connectivity index (χ4v) is 3.38. The van der Waals surface area contributed by atoms with Gasteiger partial charge in [0.2, 0.25) is 11.7 Å². The Morgan fingerprint density at radius 2 is 2.06 bits per heavy atom. The third-order valence-electron chi connectivity index (χ3n) is 5.09. The van der Waals surface area contributed by atoms with Crippen LogP contribution < -0.4 is 15.4 Å². The predicted molar refractivity (Wildman–Crippen MR) is 114 cm³/mol. The summed E-state index contributed by atoms with van der Waals surface area (Å²) >= 11 is 0. The number of ether oxygens (including phenoxy) is 1. The average molecular weight is 420 g/mol. The van der Waals surface area contributed by atoms with Gasteiger partial charge in [-0.15, -0.1) is 0 Å². The molecule has 0 unspecified atom stereocenters. The van der Waals surface area contributed by atoms with Crippen molar-refractivity contribution in [2.75, 3.05) is 5.32 Å². The zero-order chi connectivity index (χ0) is 21.6. The summed E-state index contributed by atoms with van der Waals surface area (Å²) in [5.74, 6) is 0.338. The Kier molecular flexibility index (Phi) is 6.26. The van der Waals surface area contributed by atoms with Crippen molar-refractivity contribution < 1.29 is 18.8 Å². The molecule has 0 spiro atoms. The first-order chi connectivity index (χ1) is 15.1. The standard InChI is InChI=1S/C23H24N4O4/c1-15(7-8-16-5-3-2-4-6-16)24-22(29)23-26-20(27-31-23)14-30-18-11-9-17-10-12-21(28)25-19(17)13-18/h2-6,9,11,13,15H,7-8,10,12,14H2,1H3,(H,24,29)(H,25,28)/t15-/m1/s1. The molecule has 0 aliphatic carbocycles. The smallest absolute Gasteiger partial charge is 0.316 e. The topological polar surface area (TPSA) is 106 Å². The lowest BCUT2D eigenvalue weighted by Gasteiger charge is -2.17. The van der Waals surface area contributed by atoms with E-state index in [0.29, 0.717) is 18.6 Å². The molecule has 1 aliphatic heterocycles. The van der Waals surface area contributed by atoms with E-state index >= 15 is 0 Å². The van der Waals surface area contributed by atoms with E-state index < -0.39 is 5.91 Å². The van der Waals surface area contributed by atoms with Crippen LogP contribution in [0.4, 0.5) is 5.69 Å². The quantitative estimate of drug-likeness (QED) is 0.579. The Hall–Kier alpha value is -3.68. The first-order valence-electron chi connectivity index (χ1n) is 10.3. The number of aryl methyl sites for hydroxylation is 2. The molecule has 1 atom stereocenters. The number of hydrogen-bond acceptors (Lipinski definition) is 6. The van der Waals surface area contributed by atoms with Crippen LogP contribution in [0.5, 0.6) is 5.75 Å². The second-order valence-electron chi connectivity index (χ2n) is 7.57. The Bertz CT molecular complexity index is 1060. The molecule has 2 N–H and O–H groups in total. The Morgan fingerprint density at radius 3 is 2.90 bits per heavy atom. The van der Waals surface area contributed by atoms with Gasteiger partial charge in [-0.1, -0.05) is 41.6 Å². The molecule has 0 fully saturated rings. The van der Waals surface area contributed by atoms with Gasteiger partial charge in [0.05, 0.1) is 0 Å². The summed E-state index contributed by atoms with van der Waals surface area (Å²) < 4.78 is 10.8. The van der Waals surface area contributed by atoms with E-state index in [0.717, 1.165) is 24.1 Å². The zero-order valence-electron chi connectivity index (χ0n) is 17.3. The summed E-state index contributed by atoms with van der Waals surface area (Å²) in [5.41, 5.74) is 3.06. The minimum Gasteiger partial charge on any atom is -0.485 e. The molecule has 1 aliphatic rings. The fourth-order valence-electron chi connectivity index (χ4n) is 3.38. The van der Waals surface area contributed by atoms with E-state index in [1.807, 2.05) is 37.3 Å². The lowest BCUT2D eigenvalue weighted by atomic mass is 10.0. The number of anilines is 1. The molecular weight excluding hydrogens is 396 g/mol. The summed E-state index contributed by atoms with van der Waals surface area (Å²) in [7, 11) is 0. The number of rotatable bonds is 8. The molecule has 1 aromatic heterocycles. The third kappa shape index (κ3) is 5.48. The van der Waals surface area contributed by atoms with Crippen molar-refractivity contribution in [3.8, 4) is 5.75 Å². The van der Waals surface area contributed by atoms with E-state index in [9.17, 15) is 9.59 Å². The second-order valence-corrected chi connectivity index (χ2v) is 7.57. The Morgan fingerprint density at radius 1 is 1.23 bits per heavy atom. The van der Waals surface area contributed by atoms with Gasteiger partial charge in [0.1, 0.15) is 5.75 Å². The number of aromatic nitrogens is 2. The maximum absolute atomic E-state index is 12.4.